The van der Waals surface area contributed by atoms with E-state index in [1.807, 2.05) is 24.3 Å². The predicted molar refractivity (Wildman–Crippen MR) is 59.7 cm³/mol. The Balaban J connectivity index is 2.65. The van der Waals surface area contributed by atoms with E-state index >= 15 is 0 Å². The maximum atomic E-state index is 11.9. The Kier molecular flexibility index (Phi) is 2.38. The predicted octanol–water partition coefficient (Wildman–Crippen LogP) is 0.692. The number of rotatable bonds is 1. The van der Waals surface area contributed by atoms with Crippen LogP contribution in [0.2, 0.25) is 0 Å². The third-order valence-electron chi connectivity index (χ3n) is 3.01. The fourth-order valence-electron chi connectivity index (χ4n) is 1.98. The monoisotopic (exact) mass is 223 g/mol. The second-order valence-corrected chi connectivity index (χ2v) is 5.77. The molecule has 15 heavy (non-hydrogen) atoms. The van der Waals surface area contributed by atoms with Gasteiger partial charge in [-0.15, -0.1) is 0 Å². The molecule has 0 fully saturated rings. The summed E-state index contributed by atoms with van der Waals surface area (Å²) in [7, 11) is -1.21. The molecule has 2 N–H and O–H groups in total. The van der Waals surface area contributed by atoms with Crippen molar-refractivity contribution in [3.05, 3.63) is 35.4 Å². The van der Waals surface area contributed by atoms with Gasteiger partial charge in [-0.1, -0.05) is 24.3 Å². The van der Waals surface area contributed by atoms with Crippen LogP contribution in [0.1, 0.15) is 18.1 Å². The van der Waals surface area contributed by atoms with Gasteiger partial charge in [-0.05, 0) is 24.5 Å². The average Bonchev–Trinajstić information content (AvgIpc) is 2.23. The first kappa shape index (κ1) is 10.4. The van der Waals surface area contributed by atoms with Gasteiger partial charge in [0.1, 0.15) is 4.75 Å². The van der Waals surface area contributed by atoms with Crippen LogP contribution in [0.15, 0.2) is 24.3 Å². The van der Waals surface area contributed by atoms with E-state index in [0.717, 1.165) is 17.5 Å². The fraction of sp³-hybridized carbons (Fsp3) is 0.364. The summed E-state index contributed by atoms with van der Waals surface area (Å²) in [6.07, 6.45) is 0.756. The molecule has 2 unspecified atom stereocenters. The lowest BCUT2D eigenvalue weighted by molar-refractivity contribution is -0.120. The minimum absolute atomic E-state index is 0.506. The van der Waals surface area contributed by atoms with E-state index in [2.05, 4.69) is 0 Å². The average molecular weight is 223 g/mol. The summed E-state index contributed by atoms with van der Waals surface area (Å²) in [4.78, 5) is 11.5. The summed E-state index contributed by atoms with van der Waals surface area (Å²) in [5.41, 5.74) is 7.28. The zero-order chi connectivity index (χ0) is 11.1. The van der Waals surface area contributed by atoms with Gasteiger partial charge in [-0.3, -0.25) is 9.00 Å². The highest BCUT2D eigenvalue weighted by atomic mass is 32.2. The molecule has 0 aliphatic carbocycles. The SMILES string of the molecule is CC1(C(N)=O)c2ccccc2CCS1=O. The first-order chi connectivity index (χ1) is 7.06. The standard InChI is InChI=1S/C11H13NO2S/c1-11(10(12)13)9-5-3-2-4-8(9)6-7-15(11)14/h2-5H,6-7H2,1H3,(H2,12,13). The Hall–Kier alpha value is -1.16. The summed E-state index contributed by atoms with van der Waals surface area (Å²) in [6.45, 7) is 1.67. The number of benzene rings is 1. The molecule has 0 saturated carbocycles. The number of nitrogens with two attached hydrogens (primary N) is 1. The van der Waals surface area contributed by atoms with Gasteiger partial charge in [-0.2, -0.15) is 0 Å². The van der Waals surface area contributed by atoms with Gasteiger partial charge in [0.05, 0.1) is 0 Å². The molecule has 1 aromatic carbocycles. The lowest BCUT2D eigenvalue weighted by Crippen LogP contribution is -2.46. The number of carbonyl (C=O) groups is 1. The number of hydrogen-bond acceptors (Lipinski definition) is 2. The molecule has 80 valence electrons. The second-order valence-electron chi connectivity index (χ2n) is 3.85. The van der Waals surface area contributed by atoms with Gasteiger partial charge in [-0.25, -0.2) is 0 Å². The molecule has 0 aromatic heterocycles. The maximum Gasteiger partial charge on any atom is 0.240 e. The lowest BCUT2D eigenvalue weighted by Gasteiger charge is -2.32. The Bertz CT molecular complexity index is 444. The van der Waals surface area contributed by atoms with Crippen molar-refractivity contribution in [3.63, 3.8) is 0 Å². The zero-order valence-electron chi connectivity index (χ0n) is 8.53. The van der Waals surface area contributed by atoms with Crippen molar-refractivity contribution in [2.75, 3.05) is 5.75 Å². The number of amides is 1. The summed E-state index contributed by atoms with van der Waals surface area (Å²) in [5.74, 6) is 0.00387. The van der Waals surface area contributed by atoms with Gasteiger partial charge in [0.15, 0.2) is 0 Å². The van der Waals surface area contributed by atoms with E-state index in [1.165, 1.54) is 0 Å². The molecule has 1 heterocycles. The van der Waals surface area contributed by atoms with Crippen LogP contribution < -0.4 is 5.73 Å². The Labute approximate surface area is 91.1 Å². The number of aryl methyl sites for hydroxylation is 1. The fourth-order valence-corrected chi connectivity index (χ4v) is 3.46. The summed E-state index contributed by atoms with van der Waals surface area (Å²) in [5, 5.41) is 0. The van der Waals surface area contributed by atoms with Crippen molar-refractivity contribution in [1.82, 2.24) is 0 Å². The molecule has 1 amide bonds. The van der Waals surface area contributed by atoms with Gasteiger partial charge >= 0.3 is 0 Å². The topological polar surface area (TPSA) is 60.2 Å². The van der Waals surface area contributed by atoms with Crippen LogP contribution in [0.5, 0.6) is 0 Å². The third-order valence-corrected chi connectivity index (χ3v) is 4.92. The van der Waals surface area contributed by atoms with Crippen LogP contribution >= 0.6 is 0 Å². The lowest BCUT2D eigenvalue weighted by atomic mass is 9.92. The van der Waals surface area contributed by atoms with Crippen LogP contribution in [0.25, 0.3) is 0 Å². The van der Waals surface area contributed by atoms with Crippen LogP contribution in [-0.4, -0.2) is 15.9 Å². The molecule has 0 bridgehead atoms. The summed E-state index contributed by atoms with van der Waals surface area (Å²) >= 11 is 0. The summed E-state index contributed by atoms with van der Waals surface area (Å²) in [6, 6.07) is 7.58. The largest absolute Gasteiger partial charge is 0.368 e. The number of fused-ring (bicyclic) bond motifs is 1. The minimum atomic E-state index is -1.21. The van der Waals surface area contributed by atoms with E-state index in [9.17, 15) is 9.00 Å². The number of primary amides is 1. The molecule has 1 aliphatic rings. The minimum Gasteiger partial charge on any atom is -0.368 e. The van der Waals surface area contributed by atoms with Gasteiger partial charge < -0.3 is 5.73 Å². The maximum absolute atomic E-state index is 11.9. The van der Waals surface area contributed by atoms with Crippen molar-refractivity contribution < 1.29 is 9.00 Å². The first-order valence-electron chi connectivity index (χ1n) is 4.83. The Morgan fingerprint density at radius 2 is 2.13 bits per heavy atom. The molecular weight excluding hydrogens is 210 g/mol. The van der Waals surface area contributed by atoms with Crippen molar-refractivity contribution in [2.24, 2.45) is 5.73 Å². The van der Waals surface area contributed by atoms with Crippen LogP contribution in [0.4, 0.5) is 0 Å². The van der Waals surface area contributed by atoms with Gasteiger partial charge in [0.25, 0.3) is 0 Å². The van der Waals surface area contributed by atoms with Crippen molar-refractivity contribution in [3.8, 4) is 0 Å². The first-order valence-corrected chi connectivity index (χ1v) is 6.15. The van der Waals surface area contributed by atoms with Gasteiger partial charge in [0.2, 0.25) is 5.91 Å². The van der Waals surface area contributed by atoms with Crippen molar-refractivity contribution >= 4 is 16.7 Å². The van der Waals surface area contributed by atoms with Crippen molar-refractivity contribution in [1.29, 1.82) is 0 Å². The van der Waals surface area contributed by atoms with Crippen molar-refractivity contribution in [2.45, 2.75) is 18.1 Å². The normalized spacial score (nSPS) is 29.5. The van der Waals surface area contributed by atoms with E-state index < -0.39 is 21.5 Å². The quantitative estimate of drug-likeness (QED) is 0.761. The molecule has 0 saturated heterocycles. The van der Waals surface area contributed by atoms with Crippen LogP contribution in [0, 0.1) is 0 Å². The molecule has 4 heteroatoms. The van der Waals surface area contributed by atoms with Crippen LogP contribution in [0.3, 0.4) is 0 Å². The highest BCUT2D eigenvalue weighted by molar-refractivity contribution is 7.86. The second kappa shape index (κ2) is 3.45. The molecule has 2 atom stereocenters. The third kappa shape index (κ3) is 1.40. The molecule has 0 radical (unpaired) electrons. The number of carbonyl (C=O) groups excluding carboxylic acids is 1. The molecule has 1 aliphatic heterocycles. The molecule has 3 nitrogen and oxygen atoms in total. The molecule has 2 rings (SSSR count). The molecule has 1 aromatic rings. The number of hydrogen-bond donors (Lipinski definition) is 1. The van der Waals surface area contributed by atoms with E-state index in [4.69, 9.17) is 5.73 Å². The van der Waals surface area contributed by atoms with E-state index in [1.54, 1.807) is 6.92 Å². The smallest absolute Gasteiger partial charge is 0.240 e. The molecular formula is C11H13NO2S. The van der Waals surface area contributed by atoms with Crippen LogP contribution in [-0.2, 0) is 26.8 Å². The van der Waals surface area contributed by atoms with E-state index in [0.29, 0.717) is 5.75 Å². The Morgan fingerprint density at radius 1 is 1.47 bits per heavy atom. The van der Waals surface area contributed by atoms with Gasteiger partial charge in [0, 0.05) is 16.6 Å². The van der Waals surface area contributed by atoms with E-state index in [-0.39, 0.29) is 0 Å². The molecule has 0 spiro atoms. The zero-order valence-corrected chi connectivity index (χ0v) is 9.34. The summed E-state index contributed by atoms with van der Waals surface area (Å²) < 4.78 is 10.9. The highest BCUT2D eigenvalue weighted by Crippen LogP contribution is 2.34. The highest BCUT2D eigenvalue weighted by Gasteiger charge is 2.43. The Morgan fingerprint density at radius 3 is 2.80 bits per heavy atom.